The summed E-state index contributed by atoms with van der Waals surface area (Å²) in [5.41, 5.74) is 4.99. The number of hydrazine groups is 1. The normalized spacial score (nSPS) is 20.4. The van der Waals surface area contributed by atoms with Crippen LogP contribution in [0.25, 0.3) is 0 Å². The lowest BCUT2D eigenvalue weighted by molar-refractivity contribution is -0.140. The van der Waals surface area contributed by atoms with Crippen LogP contribution in [-0.4, -0.2) is 40.8 Å². The van der Waals surface area contributed by atoms with Gasteiger partial charge in [-0.3, -0.25) is 14.6 Å². The highest BCUT2D eigenvalue weighted by atomic mass is 79.9. The van der Waals surface area contributed by atoms with Gasteiger partial charge in [-0.05, 0) is 41.8 Å². The Hall–Kier alpha value is -2.49. The van der Waals surface area contributed by atoms with Crippen LogP contribution in [0.4, 0.5) is 4.39 Å². The molecule has 2 amide bonds. The first-order valence-electron chi connectivity index (χ1n) is 9.27. The number of rotatable bonds is 5. The van der Waals surface area contributed by atoms with Crippen LogP contribution in [0.15, 0.2) is 52.0 Å². The molecule has 1 saturated heterocycles. The summed E-state index contributed by atoms with van der Waals surface area (Å²) in [5, 5.41) is 9.63. The Kier molecular flexibility index (Phi) is 6.03. The van der Waals surface area contributed by atoms with Gasteiger partial charge in [-0.2, -0.15) is 5.10 Å². The van der Waals surface area contributed by atoms with E-state index in [1.165, 1.54) is 29.5 Å². The monoisotopic (exact) mass is 493 g/mol. The molecule has 4 rings (SSSR count). The molecule has 7 nitrogen and oxygen atoms in total. The van der Waals surface area contributed by atoms with E-state index in [1.54, 1.807) is 5.01 Å². The maximum atomic E-state index is 13.2. The summed E-state index contributed by atoms with van der Waals surface area (Å²) >= 11 is 9.16. The van der Waals surface area contributed by atoms with Gasteiger partial charge in [0.25, 0.3) is 5.91 Å². The predicted molar refractivity (Wildman–Crippen MR) is 114 cm³/mol. The molecule has 2 aliphatic rings. The molecule has 0 bridgehead atoms. The molecule has 156 valence electrons. The van der Waals surface area contributed by atoms with E-state index in [0.717, 1.165) is 10.0 Å². The van der Waals surface area contributed by atoms with Crippen LogP contribution in [0.2, 0.25) is 5.02 Å². The summed E-state index contributed by atoms with van der Waals surface area (Å²) in [7, 11) is 0. The molecule has 2 aromatic rings. The van der Waals surface area contributed by atoms with Crippen LogP contribution in [0.5, 0.6) is 0 Å². The number of hydrogen-bond donors (Lipinski definition) is 2. The van der Waals surface area contributed by atoms with Gasteiger partial charge in [0.1, 0.15) is 24.7 Å². The lowest BCUT2D eigenvalue weighted by atomic mass is 10.0. The third kappa shape index (κ3) is 4.48. The number of nitrogens with one attached hydrogen (secondary N) is 2. The molecule has 1 fully saturated rings. The second-order valence-corrected chi connectivity index (χ2v) is 8.37. The van der Waals surface area contributed by atoms with Gasteiger partial charge in [-0.25, -0.2) is 14.8 Å². The fourth-order valence-corrected chi connectivity index (χ4v) is 3.87. The highest BCUT2D eigenvalue weighted by molar-refractivity contribution is 9.10. The zero-order chi connectivity index (χ0) is 21.3. The minimum absolute atomic E-state index is 0.00768. The zero-order valence-electron chi connectivity index (χ0n) is 15.7. The van der Waals surface area contributed by atoms with E-state index in [0.29, 0.717) is 12.0 Å². The van der Waals surface area contributed by atoms with Gasteiger partial charge in [-0.15, -0.1) is 0 Å². The Labute approximate surface area is 186 Å². The number of carbonyl (C=O) groups excluding carboxylic acids is 2. The largest absolute Gasteiger partial charge is 0.350 e. The number of carbonyl (C=O) groups is 2. The first-order valence-corrected chi connectivity index (χ1v) is 10.4. The van der Waals surface area contributed by atoms with E-state index >= 15 is 0 Å². The van der Waals surface area contributed by atoms with E-state index in [1.807, 2.05) is 24.3 Å². The fourth-order valence-electron chi connectivity index (χ4n) is 3.41. The minimum atomic E-state index is -0.517. The van der Waals surface area contributed by atoms with Gasteiger partial charge in [-0.1, -0.05) is 45.7 Å². The average Bonchev–Trinajstić information content (AvgIpc) is 3.17. The Morgan fingerprint density at radius 2 is 2.07 bits per heavy atom. The molecule has 0 saturated carbocycles. The number of nitrogens with zero attached hydrogens (tertiary/aromatic N) is 3. The summed E-state index contributed by atoms with van der Waals surface area (Å²) < 4.78 is 14.2. The van der Waals surface area contributed by atoms with Crippen LogP contribution >= 0.6 is 27.5 Å². The number of hydrogen-bond acceptors (Lipinski definition) is 5. The molecule has 30 heavy (non-hydrogen) atoms. The number of amides is 2. The van der Waals surface area contributed by atoms with Crippen LogP contribution in [0.3, 0.4) is 0 Å². The molecule has 2 atom stereocenters. The number of hydrazone groups is 1. The number of fused-ring (bicyclic) bond motifs is 1. The molecule has 2 aliphatic heterocycles. The van der Waals surface area contributed by atoms with Gasteiger partial charge < -0.3 is 5.32 Å². The molecule has 2 heterocycles. The summed E-state index contributed by atoms with van der Waals surface area (Å²) in [4.78, 5) is 25.1. The van der Waals surface area contributed by atoms with Crippen molar-refractivity contribution >= 4 is 45.7 Å². The molecule has 10 heteroatoms. The first-order chi connectivity index (χ1) is 14.4. The summed E-state index contributed by atoms with van der Waals surface area (Å²) in [6, 6.07) is 11.7. The maximum absolute atomic E-state index is 13.2. The quantitative estimate of drug-likeness (QED) is 0.670. The number of halogens is 3. The van der Waals surface area contributed by atoms with Gasteiger partial charge >= 0.3 is 0 Å². The Morgan fingerprint density at radius 3 is 2.80 bits per heavy atom. The minimum Gasteiger partial charge on any atom is -0.350 e. The van der Waals surface area contributed by atoms with Crippen molar-refractivity contribution in [3.8, 4) is 0 Å². The van der Waals surface area contributed by atoms with Gasteiger partial charge in [0.2, 0.25) is 5.91 Å². The summed E-state index contributed by atoms with van der Waals surface area (Å²) in [6.07, 6.45) is 2.09. The molecule has 2 unspecified atom stereocenters. The van der Waals surface area contributed by atoms with Crippen molar-refractivity contribution in [2.45, 2.75) is 25.0 Å². The maximum Gasteiger partial charge on any atom is 0.267 e. The van der Waals surface area contributed by atoms with E-state index in [9.17, 15) is 14.0 Å². The lowest BCUT2D eigenvalue weighted by Gasteiger charge is -2.29. The SMILES string of the molecule is O=C(CN1N=CN2NC(c3ccc(Br)cc3)CC2C1=O)NCc1ccc(F)c(Cl)c1. The third-order valence-corrected chi connectivity index (χ3v) is 5.81. The molecule has 2 aromatic carbocycles. The van der Waals surface area contributed by atoms with Gasteiger partial charge in [0.15, 0.2) is 0 Å². The molecule has 0 aliphatic carbocycles. The van der Waals surface area contributed by atoms with Crippen LogP contribution < -0.4 is 10.7 Å². The number of benzene rings is 2. The van der Waals surface area contributed by atoms with Crippen molar-refractivity contribution in [1.29, 1.82) is 0 Å². The van der Waals surface area contributed by atoms with Crippen molar-refractivity contribution in [3.63, 3.8) is 0 Å². The Balaban J connectivity index is 1.33. The standard InChI is InChI=1S/C20H18BrClFN5O2/c21-14-4-2-13(3-5-14)17-8-18-20(30)27(25-11-28(18)26-17)10-19(29)24-9-12-1-6-16(23)15(22)7-12/h1-7,11,17-18,26H,8-10H2,(H,24,29). The van der Waals surface area contributed by atoms with Crippen molar-refractivity contribution in [1.82, 2.24) is 20.8 Å². The van der Waals surface area contributed by atoms with Crippen LogP contribution in [0, 0.1) is 5.82 Å². The van der Waals surface area contributed by atoms with Crippen molar-refractivity contribution in [2.24, 2.45) is 5.10 Å². The van der Waals surface area contributed by atoms with E-state index < -0.39 is 11.9 Å². The first kappa shape index (κ1) is 20.8. The van der Waals surface area contributed by atoms with Crippen LogP contribution in [0.1, 0.15) is 23.6 Å². The molecule has 2 N–H and O–H groups in total. The second-order valence-electron chi connectivity index (χ2n) is 7.04. The van der Waals surface area contributed by atoms with Crippen molar-refractivity contribution < 1.29 is 14.0 Å². The smallest absolute Gasteiger partial charge is 0.267 e. The summed E-state index contributed by atoms with van der Waals surface area (Å²) in [6.45, 7) is -0.0229. The molecule has 0 aromatic heterocycles. The Bertz CT molecular complexity index is 1000. The van der Waals surface area contributed by atoms with Crippen molar-refractivity contribution in [2.75, 3.05) is 6.54 Å². The predicted octanol–water partition coefficient (Wildman–Crippen LogP) is 2.96. The highest BCUT2D eigenvalue weighted by Gasteiger charge is 2.41. The summed E-state index contributed by atoms with van der Waals surface area (Å²) in [5.74, 6) is -1.13. The third-order valence-electron chi connectivity index (χ3n) is 4.99. The molecule has 0 spiro atoms. The Morgan fingerprint density at radius 1 is 1.30 bits per heavy atom. The van der Waals surface area contributed by atoms with Gasteiger partial charge in [0, 0.05) is 11.0 Å². The molecular weight excluding hydrogens is 477 g/mol. The molecular formula is C20H18BrClFN5O2. The molecule has 0 radical (unpaired) electrons. The van der Waals surface area contributed by atoms with Crippen LogP contribution in [-0.2, 0) is 16.1 Å². The van der Waals surface area contributed by atoms with E-state index in [4.69, 9.17) is 11.6 Å². The van der Waals surface area contributed by atoms with E-state index in [-0.39, 0.29) is 36.0 Å². The van der Waals surface area contributed by atoms with Gasteiger partial charge in [0.05, 0.1) is 11.1 Å². The van der Waals surface area contributed by atoms with E-state index in [2.05, 4.69) is 31.8 Å². The second kappa shape index (κ2) is 8.71. The lowest BCUT2D eigenvalue weighted by Crippen LogP contribution is -2.52. The topological polar surface area (TPSA) is 77.0 Å². The zero-order valence-corrected chi connectivity index (χ0v) is 18.0. The van der Waals surface area contributed by atoms with Crippen molar-refractivity contribution in [3.05, 3.63) is 68.9 Å². The average molecular weight is 495 g/mol. The fraction of sp³-hybridized carbons (Fsp3) is 0.250. The highest BCUT2D eigenvalue weighted by Crippen LogP contribution is 2.30.